The van der Waals surface area contributed by atoms with Crippen molar-refractivity contribution in [3.8, 4) is 11.5 Å². The van der Waals surface area contributed by atoms with Gasteiger partial charge >= 0.3 is 6.09 Å². The van der Waals surface area contributed by atoms with Gasteiger partial charge in [0.15, 0.2) is 18.1 Å². The fraction of sp³-hybridized carbons (Fsp3) is 0.500. The highest BCUT2D eigenvalue weighted by Crippen LogP contribution is 2.28. The van der Waals surface area contributed by atoms with Crippen molar-refractivity contribution < 1.29 is 28.6 Å². The molecule has 2 heterocycles. The predicted octanol–water partition coefficient (Wildman–Crippen LogP) is 1.22. The van der Waals surface area contributed by atoms with E-state index in [1.165, 1.54) is 4.90 Å². The highest BCUT2D eigenvalue weighted by Gasteiger charge is 2.38. The van der Waals surface area contributed by atoms with Gasteiger partial charge in [0.2, 0.25) is 5.91 Å². The van der Waals surface area contributed by atoms with Crippen LogP contribution in [0.3, 0.4) is 0 Å². The minimum absolute atomic E-state index is 0.00555. The van der Waals surface area contributed by atoms with Crippen molar-refractivity contribution in [2.75, 3.05) is 33.9 Å². The Morgan fingerprint density at radius 2 is 1.85 bits per heavy atom. The summed E-state index contributed by atoms with van der Waals surface area (Å²) in [6.45, 7) is 0.832. The molecule has 2 saturated heterocycles. The molecule has 0 atom stereocenters. The number of carbonyl (C=O) groups is 3. The van der Waals surface area contributed by atoms with E-state index in [2.05, 4.69) is 0 Å². The molecule has 2 aliphatic rings. The van der Waals surface area contributed by atoms with Crippen LogP contribution in [-0.4, -0.2) is 67.7 Å². The van der Waals surface area contributed by atoms with Crippen molar-refractivity contribution in [1.82, 2.24) is 9.80 Å². The van der Waals surface area contributed by atoms with Crippen LogP contribution >= 0.6 is 0 Å². The normalized spacial score (nSPS) is 18.1. The second-order valence-corrected chi connectivity index (χ2v) is 6.30. The molecule has 0 saturated carbocycles. The number of imide groups is 1. The molecule has 2 aliphatic heterocycles. The van der Waals surface area contributed by atoms with Crippen molar-refractivity contribution in [1.29, 1.82) is 0 Å². The minimum Gasteiger partial charge on any atom is -0.493 e. The second kappa shape index (κ2) is 7.63. The van der Waals surface area contributed by atoms with Gasteiger partial charge in [-0.25, -0.2) is 9.69 Å². The summed E-state index contributed by atoms with van der Waals surface area (Å²) in [5.41, 5.74) is 0.841. The van der Waals surface area contributed by atoms with Crippen LogP contribution in [0.5, 0.6) is 11.5 Å². The molecule has 0 radical (unpaired) electrons. The van der Waals surface area contributed by atoms with Gasteiger partial charge in [0, 0.05) is 19.1 Å². The summed E-state index contributed by atoms with van der Waals surface area (Å²) in [5.74, 6) is 0.908. The number of hydrogen-bond donors (Lipinski definition) is 0. The molecule has 8 heteroatoms. The van der Waals surface area contributed by atoms with Crippen LogP contribution in [0.1, 0.15) is 18.4 Å². The molecule has 0 aliphatic carbocycles. The zero-order valence-corrected chi connectivity index (χ0v) is 14.9. The van der Waals surface area contributed by atoms with Crippen LogP contribution in [0.25, 0.3) is 0 Å². The average Bonchev–Trinajstić information content (AvgIpc) is 3.00. The molecule has 3 rings (SSSR count). The van der Waals surface area contributed by atoms with Crippen LogP contribution in [0.4, 0.5) is 4.79 Å². The summed E-state index contributed by atoms with van der Waals surface area (Å²) in [4.78, 5) is 38.9. The van der Waals surface area contributed by atoms with Gasteiger partial charge in [-0.2, -0.15) is 0 Å². The molecule has 3 amide bonds. The number of nitrogens with zero attached hydrogens (tertiary/aromatic N) is 2. The Labute approximate surface area is 151 Å². The lowest BCUT2D eigenvalue weighted by Gasteiger charge is -2.34. The smallest absolute Gasteiger partial charge is 0.417 e. The van der Waals surface area contributed by atoms with E-state index in [0.29, 0.717) is 37.4 Å². The first-order chi connectivity index (χ1) is 12.5. The highest BCUT2D eigenvalue weighted by molar-refractivity contribution is 5.98. The van der Waals surface area contributed by atoms with E-state index in [9.17, 15) is 14.4 Å². The molecule has 26 heavy (non-hydrogen) atoms. The van der Waals surface area contributed by atoms with Gasteiger partial charge in [0.05, 0.1) is 20.6 Å². The highest BCUT2D eigenvalue weighted by atomic mass is 16.6. The molecule has 0 N–H and O–H groups in total. The third-order valence-electron chi connectivity index (χ3n) is 4.77. The molecule has 140 valence electrons. The zero-order valence-electron chi connectivity index (χ0n) is 14.9. The number of ether oxygens (including phenoxy) is 3. The maximum Gasteiger partial charge on any atom is 0.417 e. The molecule has 8 nitrogen and oxygen atoms in total. The molecular formula is C18H22N2O6. The van der Waals surface area contributed by atoms with Gasteiger partial charge in [-0.3, -0.25) is 9.59 Å². The Bertz CT molecular complexity index is 696. The first-order valence-electron chi connectivity index (χ1n) is 8.51. The summed E-state index contributed by atoms with van der Waals surface area (Å²) in [6.07, 6.45) is 0.817. The van der Waals surface area contributed by atoms with E-state index in [4.69, 9.17) is 14.2 Å². The number of methoxy groups -OCH3 is 2. The summed E-state index contributed by atoms with van der Waals surface area (Å²) >= 11 is 0. The Morgan fingerprint density at radius 3 is 2.42 bits per heavy atom. The summed E-state index contributed by atoms with van der Waals surface area (Å²) in [7, 11) is 3.12. The number of carbonyl (C=O) groups excluding carboxylic acids is 3. The Hall–Kier alpha value is -2.77. The van der Waals surface area contributed by atoms with E-state index in [-0.39, 0.29) is 30.9 Å². The van der Waals surface area contributed by atoms with Crippen molar-refractivity contribution in [2.24, 2.45) is 0 Å². The van der Waals surface area contributed by atoms with Gasteiger partial charge in [-0.05, 0) is 30.5 Å². The Balaban J connectivity index is 1.57. The minimum atomic E-state index is -0.579. The molecule has 0 bridgehead atoms. The van der Waals surface area contributed by atoms with Crippen molar-refractivity contribution in [3.05, 3.63) is 23.8 Å². The lowest BCUT2D eigenvalue weighted by Crippen LogP contribution is -2.48. The number of hydrogen-bond acceptors (Lipinski definition) is 6. The number of amides is 3. The zero-order chi connectivity index (χ0) is 18.7. The van der Waals surface area contributed by atoms with Gasteiger partial charge < -0.3 is 19.1 Å². The largest absolute Gasteiger partial charge is 0.493 e. The first-order valence-corrected chi connectivity index (χ1v) is 8.51. The van der Waals surface area contributed by atoms with E-state index >= 15 is 0 Å². The van der Waals surface area contributed by atoms with Crippen LogP contribution in [0.2, 0.25) is 0 Å². The molecule has 1 aromatic rings. The molecule has 0 unspecified atom stereocenters. The number of likely N-dealkylation sites (tertiary alicyclic amines) is 1. The third-order valence-corrected chi connectivity index (χ3v) is 4.77. The fourth-order valence-corrected chi connectivity index (χ4v) is 3.37. The quantitative estimate of drug-likeness (QED) is 0.783. The van der Waals surface area contributed by atoms with E-state index in [1.807, 2.05) is 6.07 Å². The maximum atomic E-state index is 12.6. The topological polar surface area (TPSA) is 85.4 Å². The second-order valence-electron chi connectivity index (χ2n) is 6.30. The summed E-state index contributed by atoms with van der Waals surface area (Å²) < 4.78 is 15.2. The van der Waals surface area contributed by atoms with E-state index in [0.717, 1.165) is 5.56 Å². The fourth-order valence-electron chi connectivity index (χ4n) is 3.37. The molecule has 2 fully saturated rings. The standard InChI is InChI=1S/C18H22N2O6/c1-24-14-4-3-12(9-15(14)25-2)10-16(21)19-7-5-13(6-8-19)20-17(22)11-26-18(20)23/h3-4,9,13H,5-8,10-11H2,1-2H3. The Kier molecular flexibility index (Phi) is 5.29. The van der Waals surface area contributed by atoms with Crippen molar-refractivity contribution in [2.45, 2.75) is 25.3 Å². The third kappa shape index (κ3) is 3.58. The number of piperidine rings is 1. The lowest BCUT2D eigenvalue weighted by atomic mass is 10.0. The average molecular weight is 362 g/mol. The number of benzene rings is 1. The van der Waals surface area contributed by atoms with E-state index < -0.39 is 6.09 Å². The van der Waals surface area contributed by atoms with Crippen molar-refractivity contribution >= 4 is 17.9 Å². The summed E-state index contributed by atoms with van der Waals surface area (Å²) in [6, 6.07) is 5.22. The molecule has 1 aromatic carbocycles. The van der Waals surface area contributed by atoms with Gasteiger partial charge in [-0.1, -0.05) is 6.07 Å². The van der Waals surface area contributed by atoms with E-state index in [1.54, 1.807) is 31.3 Å². The monoisotopic (exact) mass is 362 g/mol. The predicted molar refractivity (Wildman–Crippen MR) is 91.0 cm³/mol. The Morgan fingerprint density at radius 1 is 1.15 bits per heavy atom. The summed E-state index contributed by atoms with van der Waals surface area (Å²) in [5, 5.41) is 0. The number of rotatable bonds is 5. The maximum absolute atomic E-state index is 12.6. The molecule has 0 aromatic heterocycles. The van der Waals surface area contributed by atoms with Crippen LogP contribution < -0.4 is 9.47 Å². The van der Waals surface area contributed by atoms with Crippen molar-refractivity contribution in [3.63, 3.8) is 0 Å². The van der Waals surface area contributed by atoms with Gasteiger partial charge in [0.1, 0.15) is 0 Å². The molecular weight excluding hydrogens is 340 g/mol. The lowest BCUT2D eigenvalue weighted by molar-refractivity contribution is -0.132. The van der Waals surface area contributed by atoms with Gasteiger partial charge in [0.25, 0.3) is 5.91 Å². The SMILES string of the molecule is COc1ccc(CC(=O)N2CCC(N3C(=O)COC3=O)CC2)cc1OC. The van der Waals surface area contributed by atoms with Gasteiger partial charge in [-0.15, -0.1) is 0 Å². The number of cyclic esters (lactones) is 1. The first kappa shape index (κ1) is 18.0. The van der Waals surface area contributed by atoms with Crippen LogP contribution in [0.15, 0.2) is 18.2 Å². The van der Waals surface area contributed by atoms with Crippen LogP contribution in [-0.2, 0) is 20.7 Å². The molecule has 0 spiro atoms. The van der Waals surface area contributed by atoms with Crippen LogP contribution in [0, 0.1) is 0 Å².